The van der Waals surface area contributed by atoms with E-state index in [2.05, 4.69) is 0 Å². The fourth-order valence-corrected chi connectivity index (χ4v) is 4.20. The predicted molar refractivity (Wildman–Crippen MR) is 105 cm³/mol. The molecule has 0 aromatic heterocycles. The van der Waals surface area contributed by atoms with Crippen LogP contribution in [0.2, 0.25) is 0 Å². The van der Waals surface area contributed by atoms with Crippen LogP contribution in [-0.2, 0) is 0 Å². The lowest BCUT2D eigenvalue weighted by molar-refractivity contribution is 0.346. The summed E-state index contributed by atoms with van der Waals surface area (Å²) in [6.07, 6.45) is 0. The molecule has 0 unspecified atom stereocenters. The third-order valence-electron chi connectivity index (χ3n) is 4.27. The molecule has 0 aliphatic rings. The molecule has 0 fully saturated rings. The van der Waals surface area contributed by atoms with E-state index in [1.807, 2.05) is 80.6 Å². The SMILES string of the molecule is CC(C)c1c([P+](O)(O)O)ccc(-c2ccccc2)c1-c1ccccc1. The Balaban J connectivity index is 2.40. The zero-order valence-electron chi connectivity index (χ0n) is 14.3. The molecule has 0 radical (unpaired) electrons. The summed E-state index contributed by atoms with van der Waals surface area (Å²) in [6.45, 7) is 3.99. The molecule has 3 N–H and O–H groups in total. The normalized spacial score (nSPS) is 11.8. The molecule has 0 bridgehead atoms. The summed E-state index contributed by atoms with van der Waals surface area (Å²) < 4.78 is 0. The van der Waals surface area contributed by atoms with Gasteiger partial charge in [0.15, 0.2) is 5.30 Å². The Bertz CT molecular complexity index is 854. The Hall–Kier alpha value is -2.03. The first-order valence-corrected chi connectivity index (χ1v) is 9.90. The number of benzene rings is 3. The second-order valence-corrected chi connectivity index (χ2v) is 7.99. The van der Waals surface area contributed by atoms with Crippen LogP contribution in [0.5, 0.6) is 0 Å². The van der Waals surface area contributed by atoms with E-state index in [1.54, 1.807) is 6.07 Å². The maximum atomic E-state index is 9.97. The zero-order chi connectivity index (χ0) is 18.0. The van der Waals surface area contributed by atoms with E-state index < -0.39 is 7.94 Å². The molecule has 0 spiro atoms. The van der Waals surface area contributed by atoms with E-state index in [0.29, 0.717) is 0 Å². The van der Waals surface area contributed by atoms with E-state index in [4.69, 9.17) is 0 Å². The Kier molecular flexibility index (Phi) is 5.03. The summed E-state index contributed by atoms with van der Waals surface area (Å²) in [7, 11) is -4.12. The Morgan fingerprint density at radius 2 is 1.20 bits per heavy atom. The molecule has 0 amide bonds. The topological polar surface area (TPSA) is 60.7 Å². The second kappa shape index (κ2) is 7.07. The summed E-state index contributed by atoms with van der Waals surface area (Å²) in [5, 5.41) is 0.223. The van der Waals surface area contributed by atoms with E-state index in [9.17, 15) is 14.7 Å². The minimum atomic E-state index is -4.12. The van der Waals surface area contributed by atoms with Crippen molar-refractivity contribution in [3.05, 3.63) is 78.4 Å². The lowest BCUT2D eigenvalue weighted by atomic mass is 9.86. The maximum Gasteiger partial charge on any atom is 0.441 e. The van der Waals surface area contributed by atoms with Crippen molar-refractivity contribution >= 4 is 13.2 Å². The largest absolute Gasteiger partial charge is 0.441 e. The van der Waals surface area contributed by atoms with Crippen LogP contribution in [0.1, 0.15) is 25.3 Å². The van der Waals surface area contributed by atoms with Crippen molar-refractivity contribution in [2.75, 3.05) is 0 Å². The van der Waals surface area contributed by atoms with E-state index in [1.165, 1.54) is 0 Å². The average Bonchev–Trinajstić information content (AvgIpc) is 2.61. The molecule has 4 heteroatoms. The van der Waals surface area contributed by atoms with Gasteiger partial charge in [0, 0.05) is 5.56 Å². The minimum absolute atomic E-state index is 0.0136. The van der Waals surface area contributed by atoms with Crippen LogP contribution in [-0.4, -0.2) is 14.7 Å². The standard InChI is InChI=1S/C21H22O3P/c1-15(2)20-19(25(22,23)24)14-13-18(16-9-5-3-6-10-16)21(20)17-11-7-4-8-12-17/h3-15,22-24H,1-2H3/q+1. The first kappa shape index (κ1) is 17.8. The van der Waals surface area contributed by atoms with Gasteiger partial charge < -0.3 is 0 Å². The van der Waals surface area contributed by atoms with Crippen LogP contribution in [0, 0.1) is 0 Å². The summed E-state index contributed by atoms with van der Waals surface area (Å²) in [5.41, 5.74) is 4.75. The number of hydrogen-bond donors (Lipinski definition) is 3. The first-order chi connectivity index (χ1) is 11.9. The summed E-state index contributed by atoms with van der Waals surface area (Å²) in [6, 6.07) is 23.4. The molecule has 3 aromatic rings. The van der Waals surface area contributed by atoms with Gasteiger partial charge in [-0.2, -0.15) is 14.7 Å². The monoisotopic (exact) mass is 353 g/mol. The summed E-state index contributed by atoms with van der Waals surface area (Å²) in [4.78, 5) is 29.9. The predicted octanol–water partition coefficient (Wildman–Crippen LogP) is 4.51. The Morgan fingerprint density at radius 3 is 1.68 bits per heavy atom. The van der Waals surface area contributed by atoms with Crippen molar-refractivity contribution in [1.29, 1.82) is 0 Å². The third kappa shape index (κ3) is 3.65. The van der Waals surface area contributed by atoms with Gasteiger partial charge in [-0.05, 0) is 40.3 Å². The molecular weight excluding hydrogens is 331 g/mol. The van der Waals surface area contributed by atoms with Crippen molar-refractivity contribution in [3.63, 3.8) is 0 Å². The molecule has 128 valence electrons. The van der Waals surface area contributed by atoms with Crippen molar-refractivity contribution in [2.24, 2.45) is 0 Å². The highest BCUT2D eigenvalue weighted by atomic mass is 31.2. The number of hydrogen-bond acceptors (Lipinski definition) is 3. The smallest absolute Gasteiger partial charge is 0.189 e. The lowest BCUT2D eigenvalue weighted by Gasteiger charge is -2.21. The van der Waals surface area contributed by atoms with Crippen molar-refractivity contribution < 1.29 is 14.7 Å². The molecule has 0 atom stereocenters. The van der Waals surface area contributed by atoms with E-state index in [0.717, 1.165) is 27.8 Å². The molecule has 3 aromatic carbocycles. The Morgan fingerprint density at radius 1 is 0.680 bits per heavy atom. The fourth-order valence-electron chi connectivity index (χ4n) is 3.23. The van der Waals surface area contributed by atoms with Crippen LogP contribution in [0.4, 0.5) is 0 Å². The van der Waals surface area contributed by atoms with Gasteiger partial charge in [0.2, 0.25) is 0 Å². The third-order valence-corrected chi connectivity index (χ3v) is 5.31. The molecule has 0 heterocycles. The van der Waals surface area contributed by atoms with Gasteiger partial charge in [0.05, 0.1) is 0 Å². The van der Waals surface area contributed by atoms with Crippen LogP contribution in [0.15, 0.2) is 72.8 Å². The van der Waals surface area contributed by atoms with E-state index in [-0.39, 0.29) is 11.2 Å². The zero-order valence-corrected chi connectivity index (χ0v) is 15.2. The van der Waals surface area contributed by atoms with Gasteiger partial charge in [-0.3, -0.25) is 0 Å². The van der Waals surface area contributed by atoms with Crippen molar-refractivity contribution in [3.8, 4) is 22.3 Å². The fraction of sp³-hybridized carbons (Fsp3) is 0.143. The van der Waals surface area contributed by atoms with Gasteiger partial charge in [-0.1, -0.05) is 74.5 Å². The lowest BCUT2D eigenvalue weighted by Crippen LogP contribution is -2.18. The van der Waals surface area contributed by atoms with Crippen molar-refractivity contribution in [2.45, 2.75) is 19.8 Å². The molecule has 25 heavy (non-hydrogen) atoms. The molecule has 3 nitrogen and oxygen atoms in total. The van der Waals surface area contributed by atoms with Crippen LogP contribution < -0.4 is 5.30 Å². The van der Waals surface area contributed by atoms with Crippen molar-refractivity contribution in [1.82, 2.24) is 0 Å². The molecule has 0 saturated carbocycles. The van der Waals surface area contributed by atoms with Gasteiger partial charge in [0.25, 0.3) is 0 Å². The summed E-state index contributed by atoms with van der Waals surface area (Å²) >= 11 is 0. The summed E-state index contributed by atoms with van der Waals surface area (Å²) in [5.74, 6) is 0.0136. The van der Waals surface area contributed by atoms with Crippen LogP contribution in [0.3, 0.4) is 0 Å². The average molecular weight is 353 g/mol. The first-order valence-electron chi connectivity index (χ1n) is 8.25. The molecule has 0 saturated heterocycles. The van der Waals surface area contributed by atoms with Gasteiger partial charge in [-0.15, -0.1) is 0 Å². The highest BCUT2D eigenvalue weighted by Gasteiger charge is 2.39. The molecule has 0 aliphatic heterocycles. The second-order valence-electron chi connectivity index (χ2n) is 6.38. The van der Waals surface area contributed by atoms with Gasteiger partial charge >= 0.3 is 7.94 Å². The highest BCUT2D eigenvalue weighted by Crippen LogP contribution is 2.49. The molecular formula is C21H22O3P+. The highest BCUT2D eigenvalue weighted by molar-refractivity contribution is 7.66. The molecule has 3 rings (SSSR count). The van der Waals surface area contributed by atoms with Crippen LogP contribution in [0.25, 0.3) is 22.3 Å². The quantitative estimate of drug-likeness (QED) is 0.605. The number of rotatable bonds is 4. The van der Waals surface area contributed by atoms with E-state index >= 15 is 0 Å². The minimum Gasteiger partial charge on any atom is -0.189 e. The maximum absolute atomic E-state index is 9.97. The van der Waals surface area contributed by atoms with Gasteiger partial charge in [-0.25, -0.2) is 0 Å². The van der Waals surface area contributed by atoms with Gasteiger partial charge in [0.1, 0.15) is 0 Å². The Labute approximate surface area is 148 Å². The molecule has 0 aliphatic carbocycles. The van der Waals surface area contributed by atoms with Crippen LogP contribution >= 0.6 is 7.94 Å².